The van der Waals surface area contributed by atoms with E-state index in [1.807, 2.05) is 24.3 Å². The lowest BCUT2D eigenvalue weighted by atomic mass is 9.72. The van der Waals surface area contributed by atoms with Crippen LogP contribution in [-0.2, 0) is 9.59 Å². The van der Waals surface area contributed by atoms with Crippen LogP contribution in [0.5, 0.6) is 5.75 Å². The normalized spacial score (nSPS) is 21.2. The smallest absolute Gasteiger partial charge is 0.135 e. The summed E-state index contributed by atoms with van der Waals surface area (Å²) in [6, 6.07) is 8.00. The van der Waals surface area contributed by atoms with E-state index in [4.69, 9.17) is 4.74 Å². The van der Waals surface area contributed by atoms with Gasteiger partial charge in [0.05, 0.1) is 6.61 Å². The Labute approximate surface area is 158 Å². The Balaban J connectivity index is 1.89. The van der Waals surface area contributed by atoms with Crippen molar-refractivity contribution >= 4 is 12.1 Å². The molecule has 0 N–H and O–H groups in total. The molecule has 0 aliphatic heterocycles. The molecule has 0 heterocycles. The molecule has 1 atom stereocenters. The van der Waals surface area contributed by atoms with Crippen molar-refractivity contribution in [2.75, 3.05) is 6.61 Å². The van der Waals surface area contributed by atoms with Gasteiger partial charge in [-0.15, -0.1) is 0 Å². The maximum Gasteiger partial charge on any atom is 0.135 e. The number of carbonyl (C=O) groups is 2. The number of ketones is 1. The van der Waals surface area contributed by atoms with Crippen molar-refractivity contribution in [2.45, 2.75) is 77.6 Å². The van der Waals surface area contributed by atoms with E-state index in [0.29, 0.717) is 11.7 Å². The van der Waals surface area contributed by atoms with Gasteiger partial charge in [0.25, 0.3) is 0 Å². The van der Waals surface area contributed by atoms with E-state index in [1.165, 1.54) is 0 Å². The molecule has 1 aromatic carbocycles. The van der Waals surface area contributed by atoms with E-state index < -0.39 is 0 Å². The summed E-state index contributed by atoms with van der Waals surface area (Å²) in [5.41, 5.74) is 1.07. The van der Waals surface area contributed by atoms with Gasteiger partial charge >= 0.3 is 0 Å². The summed E-state index contributed by atoms with van der Waals surface area (Å²) >= 11 is 0. The molecule has 1 unspecified atom stereocenters. The summed E-state index contributed by atoms with van der Waals surface area (Å²) < 4.78 is 5.71. The molecule has 1 aliphatic rings. The summed E-state index contributed by atoms with van der Waals surface area (Å²) in [6.45, 7) is 5.01. The number of ether oxygens (including phenoxy) is 1. The van der Waals surface area contributed by atoms with Crippen molar-refractivity contribution < 1.29 is 14.3 Å². The largest absolute Gasteiger partial charge is 0.494 e. The molecule has 0 bridgehead atoms. The van der Waals surface area contributed by atoms with Crippen molar-refractivity contribution in [3.63, 3.8) is 0 Å². The molecule has 0 saturated heterocycles. The number of aldehydes is 1. The van der Waals surface area contributed by atoms with Gasteiger partial charge in [0.2, 0.25) is 0 Å². The van der Waals surface area contributed by atoms with Crippen LogP contribution in [-0.4, -0.2) is 18.7 Å². The predicted octanol–water partition coefficient (Wildman–Crippen LogP) is 5.71. The third-order valence-electron chi connectivity index (χ3n) is 5.69. The van der Waals surface area contributed by atoms with Crippen molar-refractivity contribution in [2.24, 2.45) is 11.8 Å². The van der Waals surface area contributed by atoms with Gasteiger partial charge in [-0.3, -0.25) is 4.79 Å². The molecule has 2 rings (SSSR count). The Kier molecular flexibility index (Phi) is 8.87. The van der Waals surface area contributed by atoms with Crippen molar-refractivity contribution in [3.05, 3.63) is 29.8 Å². The predicted molar refractivity (Wildman–Crippen MR) is 106 cm³/mol. The van der Waals surface area contributed by atoms with Gasteiger partial charge in [0.15, 0.2) is 0 Å². The van der Waals surface area contributed by atoms with Crippen LogP contribution in [0.4, 0.5) is 0 Å². The zero-order chi connectivity index (χ0) is 18.8. The fraction of sp³-hybridized carbons (Fsp3) is 0.652. The maximum absolute atomic E-state index is 12.2. The number of hydrogen-bond donors (Lipinski definition) is 0. The van der Waals surface area contributed by atoms with Gasteiger partial charge in [-0.1, -0.05) is 38.8 Å². The molecule has 0 aromatic heterocycles. The van der Waals surface area contributed by atoms with Gasteiger partial charge < -0.3 is 9.53 Å². The molecule has 1 saturated carbocycles. The molecule has 144 valence electrons. The fourth-order valence-electron chi connectivity index (χ4n) is 3.94. The second kappa shape index (κ2) is 11.2. The third kappa shape index (κ3) is 5.96. The average molecular weight is 359 g/mol. The van der Waals surface area contributed by atoms with Crippen molar-refractivity contribution in [1.29, 1.82) is 0 Å². The van der Waals surface area contributed by atoms with E-state index in [2.05, 4.69) is 13.8 Å². The lowest BCUT2D eigenvalue weighted by molar-refractivity contribution is -0.124. The highest BCUT2D eigenvalue weighted by Crippen LogP contribution is 2.38. The van der Waals surface area contributed by atoms with Crippen molar-refractivity contribution in [3.8, 4) is 5.75 Å². The SMILES string of the molecule is CCCCOc1ccc(C(C=O)C2CCC(C(=O)CCCC)CC2)cc1. The van der Waals surface area contributed by atoms with Crippen LogP contribution < -0.4 is 4.74 Å². The quantitative estimate of drug-likeness (QED) is 0.376. The van der Waals surface area contributed by atoms with Gasteiger partial charge in [-0.2, -0.15) is 0 Å². The minimum absolute atomic E-state index is 0.0635. The fourth-order valence-corrected chi connectivity index (χ4v) is 3.94. The number of Topliss-reactive ketones (excluding diaryl/α,β-unsaturated/α-hetero) is 1. The second-order valence-corrected chi connectivity index (χ2v) is 7.61. The Morgan fingerprint density at radius 2 is 1.73 bits per heavy atom. The van der Waals surface area contributed by atoms with Gasteiger partial charge in [0, 0.05) is 18.3 Å². The van der Waals surface area contributed by atoms with Gasteiger partial charge in [0.1, 0.15) is 17.8 Å². The monoisotopic (exact) mass is 358 g/mol. The molecular formula is C23H34O3. The number of hydrogen-bond acceptors (Lipinski definition) is 3. The Bertz CT molecular complexity index is 541. The lowest BCUT2D eigenvalue weighted by Crippen LogP contribution is -2.25. The van der Waals surface area contributed by atoms with Gasteiger partial charge in [-0.05, 0) is 62.1 Å². The molecular weight excluding hydrogens is 324 g/mol. The number of carbonyl (C=O) groups excluding carboxylic acids is 2. The molecule has 1 fully saturated rings. The van der Waals surface area contributed by atoms with Crippen LogP contribution >= 0.6 is 0 Å². The third-order valence-corrected chi connectivity index (χ3v) is 5.69. The molecule has 3 heteroatoms. The van der Waals surface area contributed by atoms with Crippen LogP contribution in [0.2, 0.25) is 0 Å². The maximum atomic E-state index is 12.2. The first-order chi connectivity index (χ1) is 12.7. The van der Waals surface area contributed by atoms with Crippen LogP contribution in [0.1, 0.15) is 83.1 Å². The average Bonchev–Trinajstić information content (AvgIpc) is 2.68. The highest BCUT2D eigenvalue weighted by molar-refractivity contribution is 5.81. The zero-order valence-electron chi connectivity index (χ0n) is 16.4. The minimum atomic E-state index is -0.0635. The van der Waals surface area contributed by atoms with E-state index in [9.17, 15) is 9.59 Å². The number of rotatable bonds is 11. The van der Waals surface area contributed by atoms with E-state index in [-0.39, 0.29) is 11.8 Å². The number of unbranched alkanes of at least 4 members (excludes halogenated alkanes) is 2. The summed E-state index contributed by atoms with van der Waals surface area (Å²) in [5.74, 6) is 1.82. The first kappa shape index (κ1) is 20.7. The van der Waals surface area contributed by atoms with Gasteiger partial charge in [-0.25, -0.2) is 0 Å². The van der Waals surface area contributed by atoms with E-state index in [1.54, 1.807) is 0 Å². The number of benzene rings is 1. The molecule has 1 aliphatic carbocycles. The summed E-state index contributed by atoms with van der Waals surface area (Å²) in [4.78, 5) is 24.0. The zero-order valence-corrected chi connectivity index (χ0v) is 16.4. The van der Waals surface area contributed by atoms with Crippen molar-refractivity contribution in [1.82, 2.24) is 0 Å². The van der Waals surface area contributed by atoms with Crippen LogP contribution in [0.3, 0.4) is 0 Å². The highest BCUT2D eigenvalue weighted by atomic mass is 16.5. The summed E-state index contributed by atoms with van der Waals surface area (Å²) in [5, 5.41) is 0. The van der Waals surface area contributed by atoms with Crippen LogP contribution in [0, 0.1) is 11.8 Å². The first-order valence-electron chi connectivity index (χ1n) is 10.4. The molecule has 3 nitrogen and oxygen atoms in total. The van der Waals surface area contributed by atoms with E-state index >= 15 is 0 Å². The summed E-state index contributed by atoms with van der Waals surface area (Å²) in [7, 11) is 0. The lowest BCUT2D eigenvalue weighted by Gasteiger charge is -2.31. The minimum Gasteiger partial charge on any atom is -0.494 e. The Morgan fingerprint density at radius 1 is 1.08 bits per heavy atom. The highest BCUT2D eigenvalue weighted by Gasteiger charge is 2.30. The molecule has 26 heavy (non-hydrogen) atoms. The van der Waals surface area contributed by atoms with Crippen LogP contribution in [0.25, 0.3) is 0 Å². The Morgan fingerprint density at radius 3 is 2.31 bits per heavy atom. The second-order valence-electron chi connectivity index (χ2n) is 7.61. The molecule has 0 spiro atoms. The summed E-state index contributed by atoms with van der Waals surface area (Å²) in [6.07, 6.45) is 9.90. The molecule has 1 aromatic rings. The molecule has 0 radical (unpaired) electrons. The van der Waals surface area contributed by atoms with Crippen LogP contribution in [0.15, 0.2) is 24.3 Å². The Hall–Kier alpha value is -1.64. The topological polar surface area (TPSA) is 43.4 Å². The molecule has 0 amide bonds. The first-order valence-corrected chi connectivity index (χ1v) is 10.4. The van der Waals surface area contributed by atoms with E-state index in [0.717, 1.165) is 82.0 Å². The standard InChI is InChI=1S/C23H34O3/c1-3-5-7-23(25)20-10-8-18(9-11-20)22(17-24)19-12-14-21(15-13-19)26-16-6-4-2/h12-15,17-18,20,22H,3-11,16H2,1-2H3.